The summed E-state index contributed by atoms with van der Waals surface area (Å²) in [6, 6.07) is 9.30. The minimum absolute atomic E-state index is 0.447. The van der Waals surface area contributed by atoms with Crippen molar-refractivity contribution in [1.29, 1.82) is 0 Å². The van der Waals surface area contributed by atoms with E-state index in [4.69, 9.17) is 4.74 Å². The lowest BCUT2D eigenvalue weighted by Crippen LogP contribution is -2.05. The summed E-state index contributed by atoms with van der Waals surface area (Å²) >= 11 is 0. The molecular formula is C13H14N2O2. The maximum absolute atomic E-state index is 10.2. The summed E-state index contributed by atoms with van der Waals surface area (Å²) in [5.74, 6) is 0.447. The molecule has 0 amide bonds. The summed E-state index contributed by atoms with van der Waals surface area (Å²) in [7, 11) is 1.53. The molecule has 0 spiro atoms. The van der Waals surface area contributed by atoms with E-state index in [1.54, 1.807) is 6.07 Å². The molecule has 0 radical (unpaired) electrons. The highest BCUT2D eigenvalue weighted by atomic mass is 16.5. The van der Waals surface area contributed by atoms with Crippen molar-refractivity contribution in [3.63, 3.8) is 0 Å². The normalized spacial score (nSPS) is 12.2. The van der Waals surface area contributed by atoms with E-state index >= 15 is 0 Å². The molecule has 4 heteroatoms. The minimum Gasteiger partial charge on any atom is -0.481 e. The number of benzene rings is 1. The summed E-state index contributed by atoms with van der Waals surface area (Å²) in [4.78, 5) is 7.98. The second-order valence-electron chi connectivity index (χ2n) is 3.74. The molecule has 0 saturated heterocycles. The summed E-state index contributed by atoms with van der Waals surface area (Å²) in [6.07, 6.45) is 0.628. The molecular weight excluding hydrogens is 216 g/mol. The van der Waals surface area contributed by atoms with Gasteiger partial charge in [-0.15, -0.1) is 0 Å². The number of ether oxygens (including phenoxy) is 1. The van der Waals surface area contributed by atoms with Gasteiger partial charge in [-0.3, -0.25) is 0 Å². The van der Waals surface area contributed by atoms with Crippen molar-refractivity contribution in [3.8, 4) is 5.88 Å². The zero-order chi connectivity index (χ0) is 12.3. The van der Waals surface area contributed by atoms with Crippen LogP contribution >= 0.6 is 0 Å². The van der Waals surface area contributed by atoms with Crippen LogP contribution in [0.3, 0.4) is 0 Å². The topological polar surface area (TPSA) is 55.2 Å². The van der Waals surface area contributed by atoms with E-state index in [0.29, 0.717) is 11.6 Å². The van der Waals surface area contributed by atoms with Gasteiger partial charge in [-0.05, 0) is 18.1 Å². The van der Waals surface area contributed by atoms with Crippen LogP contribution in [0, 0.1) is 6.92 Å². The highest BCUT2D eigenvalue weighted by Crippen LogP contribution is 2.24. The van der Waals surface area contributed by atoms with E-state index < -0.39 is 6.10 Å². The van der Waals surface area contributed by atoms with Crippen LogP contribution in [0.15, 0.2) is 36.7 Å². The Morgan fingerprint density at radius 3 is 2.71 bits per heavy atom. The van der Waals surface area contributed by atoms with Crippen molar-refractivity contribution in [2.24, 2.45) is 0 Å². The third-order valence-electron chi connectivity index (χ3n) is 2.64. The first-order chi connectivity index (χ1) is 8.22. The van der Waals surface area contributed by atoms with E-state index in [1.165, 1.54) is 13.4 Å². The van der Waals surface area contributed by atoms with E-state index in [-0.39, 0.29) is 0 Å². The first-order valence-electron chi connectivity index (χ1n) is 5.32. The van der Waals surface area contributed by atoms with E-state index in [9.17, 15) is 5.11 Å². The Kier molecular flexibility index (Phi) is 3.35. The maximum atomic E-state index is 10.2. The zero-order valence-corrected chi connectivity index (χ0v) is 9.79. The fraction of sp³-hybridized carbons (Fsp3) is 0.231. The van der Waals surface area contributed by atoms with Gasteiger partial charge in [0.15, 0.2) is 0 Å². The van der Waals surface area contributed by atoms with Gasteiger partial charge in [-0.25, -0.2) is 9.97 Å². The summed E-state index contributed by atoms with van der Waals surface area (Å²) in [5, 5.41) is 10.2. The van der Waals surface area contributed by atoms with Crippen molar-refractivity contribution < 1.29 is 9.84 Å². The lowest BCUT2D eigenvalue weighted by atomic mass is 10.0. The van der Waals surface area contributed by atoms with Crippen molar-refractivity contribution in [1.82, 2.24) is 9.97 Å². The quantitative estimate of drug-likeness (QED) is 0.874. The number of rotatable bonds is 3. The van der Waals surface area contributed by atoms with Crippen LogP contribution in [-0.2, 0) is 0 Å². The van der Waals surface area contributed by atoms with E-state index in [1.807, 2.05) is 31.2 Å². The van der Waals surface area contributed by atoms with Crippen LogP contribution in [0.5, 0.6) is 5.88 Å². The van der Waals surface area contributed by atoms with Crippen LogP contribution in [-0.4, -0.2) is 22.2 Å². The van der Waals surface area contributed by atoms with Crippen molar-refractivity contribution in [3.05, 3.63) is 53.5 Å². The third kappa shape index (κ3) is 2.42. The molecule has 1 aromatic carbocycles. The molecule has 0 fully saturated rings. The average molecular weight is 230 g/mol. The number of methoxy groups -OCH3 is 1. The standard InChI is InChI=1S/C13H14N2O2/c1-9-5-3-4-6-10(9)13(16)11-7-12(17-2)15-8-14-11/h3-8,13,16H,1-2H3. The first kappa shape index (κ1) is 11.5. The Hall–Kier alpha value is -1.94. The number of aliphatic hydroxyl groups excluding tert-OH is 1. The number of hydrogen-bond acceptors (Lipinski definition) is 4. The lowest BCUT2D eigenvalue weighted by Gasteiger charge is -2.13. The molecule has 0 aliphatic carbocycles. The molecule has 88 valence electrons. The van der Waals surface area contributed by atoms with E-state index in [0.717, 1.165) is 11.1 Å². The fourth-order valence-corrected chi connectivity index (χ4v) is 1.67. The number of nitrogens with zero attached hydrogens (tertiary/aromatic N) is 2. The zero-order valence-electron chi connectivity index (χ0n) is 9.79. The van der Waals surface area contributed by atoms with Gasteiger partial charge in [0.1, 0.15) is 12.4 Å². The molecule has 1 aromatic heterocycles. The number of aryl methyl sites for hydroxylation is 1. The molecule has 2 aromatic rings. The predicted octanol–water partition coefficient (Wildman–Crippen LogP) is 1.88. The Labute approximate surface area is 99.9 Å². The van der Waals surface area contributed by atoms with Gasteiger partial charge in [0.05, 0.1) is 12.8 Å². The molecule has 0 saturated carbocycles. The Bertz CT molecular complexity index is 514. The second-order valence-corrected chi connectivity index (χ2v) is 3.74. The van der Waals surface area contributed by atoms with Crippen LogP contribution in [0.1, 0.15) is 22.9 Å². The molecule has 17 heavy (non-hydrogen) atoms. The van der Waals surface area contributed by atoms with Gasteiger partial charge in [0.25, 0.3) is 0 Å². The SMILES string of the molecule is COc1cc(C(O)c2ccccc2C)ncn1. The Morgan fingerprint density at radius 1 is 1.24 bits per heavy atom. The first-order valence-corrected chi connectivity index (χ1v) is 5.32. The third-order valence-corrected chi connectivity index (χ3v) is 2.64. The summed E-state index contributed by atoms with van der Waals surface area (Å²) < 4.78 is 5.01. The highest BCUT2D eigenvalue weighted by Gasteiger charge is 2.14. The van der Waals surface area contributed by atoms with Crippen LogP contribution in [0.2, 0.25) is 0 Å². The van der Waals surface area contributed by atoms with Crippen LogP contribution in [0.4, 0.5) is 0 Å². The van der Waals surface area contributed by atoms with Gasteiger partial charge < -0.3 is 9.84 Å². The highest BCUT2D eigenvalue weighted by molar-refractivity contribution is 5.33. The van der Waals surface area contributed by atoms with E-state index in [2.05, 4.69) is 9.97 Å². The second kappa shape index (κ2) is 4.93. The monoisotopic (exact) mass is 230 g/mol. The predicted molar refractivity (Wildman–Crippen MR) is 63.8 cm³/mol. The Morgan fingerprint density at radius 2 is 2.00 bits per heavy atom. The number of aliphatic hydroxyl groups is 1. The molecule has 1 N–H and O–H groups in total. The molecule has 1 atom stereocenters. The molecule has 0 aliphatic heterocycles. The molecule has 4 nitrogen and oxygen atoms in total. The molecule has 1 heterocycles. The van der Waals surface area contributed by atoms with Gasteiger partial charge in [0, 0.05) is 6.07 Å². The molecule has 2 rings (SSSR count). The van der Waals surface area contributed by atoms with Gasteiger partial charge in [0.2, 0.25) is 5.88 Å². The number of hydrogen-bond donors (Lipinski definition) is 1. The lowest BCUT2D eigenvalue weighted by molar-refractivity contribution is 0.213. The molecule has 1 unspecified atom stereocenters. The minimum atomic E-state index is -0.756. The van der Waals surface area contributed by atoms with Crippen molar-refractivity contribution in [2.45, 2.75) is 13.0 Å². The van der Waals surface area contributed by atoms with Gasteiger partial charge in [-0.2, -0.15) is 0 Å². The average Bonchev–Trinajstić information content (AvgIpc) is 2.38. The summed E-state index contributed by atoms with van der Waals surface area (Å²) in [6.45, 7) is 1.96. The maximum Gasteiger partial charge on any atom is 0.216 e. The molecule has 0 bridgehead atoms. The number of aromatic nitrogens is 2. The van der Waals surface area contributed by atoms with Crippen LogP contribution < -0.4 is 4.74 Å². The Balaban J connectivity index is 2.37. The van der Waals surface area contributed by atoms with Crippen molar-refractivity contribution in [2.75, 3.05) is 7.11 Å². The van der Waals surface area contributed by atoms with Crippen LogP contribution in [0.25, 0.3) is 0 Å². The fourth-order valence-electron chi connectivity index (χ4n) is 1.67. The van der Waals surface area contributed by atoms with Gasteiger partial charge >= 0.3 is 0 Å². The summed E-state index contributed by atoms with van der Waals surface area (Å²) in [5.41, 5.74) is 2.40. The van der Waals surface area contributed by atoms with Crippen molar-refractivity contribution >= 4 is 0 Å². The molecule has 0 aliphatic rings. The van der Waals surface area contributed by atoms with Gasteiger partial charge in [-0.1, -0.05) is 24.3 Å². The smallest absolute Gasteiger partial charge is 0.216 e. The largest absolute Gasteiger partial charge is 0.481 e.